The second-order valence-electron chi connectivity index (χ2n) is 4.42. The molecule has 0 unspecified atom stereocenters. The van der Waals surface area contributed by atoms with E-state index in [1.807, 2.05) is 6.92 Å². The van der Waals surface area contributed by atoms with E-state index < -0.39 is 21.4 Å². The molecule has 0 atom stereocenters. The molecule has 1 heterocycles. The number of hydrogen-bond acceptors (Lipinski definition) is 4. The molecule has 0 saturated carbocycles. The number of rotatable bonds is 4. The van der Waals surface area contributed by atoms with E-state index in [1.54, 1.807) is 0 Å². The molecule has 0 aliphatic heterocycles. The molecular formula is C12H14N2O5S. The lowest BCUT2D eigenvalue weighted by Crippen LogP contribution is -2.30. The number of fused-ring (bicyclic) bond motifs is 1. The fraction of sp³-hybridized carbons (Fsp3) is 0.333. The van der Waals surface area contributed by atoms with Crippen molar-refractivity contribution in [2.75, 3.05) is 0 Å². The van der Waals surface area contributed by atoms with E-state index >= 15 is 0 Å². The highest BCUT2D eigenvalue weighted by Gasteiger charge is 2.13. The standard InChI is InChI=1S/C12H14N2O5S/c1-2-3-6-14-10-5-4-8(20(17,18)19)7-9(10)11(15)13-12(14)16/h4-5,7H,2-3,6H2,1H3,(H,13,15,16)(H,17,18,19). The van der Waals surface area contributed by atoms with Crippen LogP contribution >= 0.6 is 0 Å². The van der Waals surface area contributed by atoms with Crippen LogP contribution in [0.5, 0.6) is 0 Å². The first-order valence-electron chi connectivity index (χ1n) is 6.09. The zero-order valence-corrected chi connectivity index (χ0v) is 11.6. The molecule has 0 saturated heterocycles. The number of aromatic amines is 1. The Morgan fingerprint density at radius 1 is 1.30 bits per heavy atom. The molecule has 0 fully saturated rings. The highest BCUT2D eigenvalue weighted by atomic mass is 32.2. The Bertz CT molecular complexity index is 864. The number of nitrogens with zero attached hydrogens (tertiary/aromatic N) is 1. The Labute approximate surface area is 114 Å². The van der Waals surface area contributed by atoms with Crippen LogP contribution in [0.4, 0.5) is 0 Å². The first-order valence-corrected chi connectivity index (χ1v) is 7.53. The van der Waals surface area contributed by atoms with Crippen molar-refractivity contribution in [2.45, 2.75) is 31.2 Å². The molecule has 1 aromatic carbocycles. The second kappa shape index (κ2) is 5.22. The van der Waals surface area contributed by atoms with Crippen LogP contribution in [0, 0.1) is 0 Å². The summed E-state index contributed by atoms with van der Waals surface area (Å²) < 4.78 is 32.6. The quantitative estimate of drug-likeness (QED) is 0.809. The van der Waals surface area contributed by atoms with Gasteiger partial charge in [-0.25, -0.2) is 4.79 Å². The zero-order valence-electron chi connectivity index (χ0n) is 10.8. The smallest absolute Gasteiger partial charge is 0.293 e. The monoisotopic (exact) mass is 298 g/mol. The largest absolute Gasteiger partial charge is 0.328 e. The lowest BCUT2D eigenvalue weighted by atomic mass is 10.2. The molecule has 0 amide bonds. The third-order valence-corrected chi connectivity index (χ3v) is 3.85. The molecule has 20 heavy (non-hydrogen) atoms. The van der Waals surface area contributed by atoms with E-state index in [9.17, 15) is 18.0 Å². The summed E-state index contributed by atoms with van der Waals surface area (Å²) in [7, 11) is -4.39. The number of benzene rings is 1. The van der Waals surface area contributed by atoms with Gasteiger partial charge in [0.15, 0.2) is 0 Å². The van der Waals surface area contributed by atoms with Crippen molar-refractivity contribution >= 4 is 21.0 Å². The first kappa shape index (κ1) is 14.5. The Kier molecular flexibility index (Phi) is 3.78. The van der Waals surface area contributed by atoms with Crippen LogP contribution in [0.1, 0.15) is 19.8 Å². The Morgan fingerprint density at radius 3 is 2.60 bits per heavy atom. The maximum Gasteiger partial charge on any atom is 0.328 e. The lowest BCUT2D eigenvalue weighted by molar-refractivity contribution is 0.483. The van der Waals surface area contributed by atoms with Gasteiger partial charge in [-0.15, -0.1) is 0 Å². The number of unbranched alkanes of at least 4 members (excludes halogenated alkanes) is 1. The highest BCUT2D eigenvalue weighted by molar-refractivity contribution is 7.85. The maximum absolute atomic E-state index is 11.8. The van der Waals surface area contributed by atoms with Crippen molar-refractivity contribution < 1.29 is 13.0 Å². The molecule has 0 aliphatic rings. The molecular weight excluding hydrogens is 284 g/mol. The number of H-pyrrole nitrogens is 1. The highest BCUT2D eigenvalue weighted by Crippen LogP contribution is 2.15. The molecule has 0 radical (unpaired) electrons. The van der Waals surface area contributed by atoms with Crippen molar-refractivity contribution in [2.24, 2.45) is 0 Å². The van der Waals surface area contributed by atoms with Crippen molar-refractivity contribution in [3.05, 3.63) is 39.0 Å². The summed E-state index contributed by atoms with van der Waals surface area (Å²) in [6.07, 6.45) is 1.62. The van der Waals surface area contributed by atoms with Crippen LogP contribution in [0.2, 0.25) is 0 Å². The average Bonchev–Trinajstić information content (AvgIpc) is 2.37. The van der Waals surface area contributed by atoms with E-state index in [0.29, 0.717) is 12.1 Å². The number of nitrogens with one attached hydrogen (secondary N) is 1. The molecule has 108 valence electrons. The van der Waals surface area contributed by atoms with Crippen molar-refractivity contribution in [1.29, 1.82) is 0 Å². The molecule has 8 heteroatoms. The SMILES string of the molecule is CCCCn1c(=O)[nH]c(=O)c2cc(S(=O)(=O)O)ccc21. The molecule has 0 spiro atoms. The van der Waals surface area contributed by atoms with Gasteiger partial charge in [-0.1, -0.05) is 13.3 Å². The second-order valence-corrected chi connectivity index (χ2v) is 5.84. The summed E-state index contributed by atoms with van der Waals surface area (Å²) in [5.41, 5.74) is -0.863. The fourth-order valence-corrected chi connectivity index (χ4v) is 2.48. The normalized spacial score (nSPS) is 11.9. The van der Waals surface area contributed by atoms with Gasteiger partial charge in [0.05, 0.1) is 15.8 Å². The van der Waals surface area contributed by atoms with Gasteiger partial charge in [0.25, 0.3) is 15.7 Å². The van der Waals surface area contributed by atoms with Crippen LogP contribution in [0.15, 0.2) is 32.7 Å². The van der Waals surface area contributed by atoms with Crippen LogP contribution in [0.25, 0.3) is 10.9 Å². The summed E-state index contributed by atoms with van der Waals surface area (Å²) in [5, 5.41) is 0.0517. The number of aromatic nitrogens is 2. The molecule has 0 aliphatic carbocycles. The predicted molar refractivity (Wildman–Crippen MR) is 73.6 cm³/mol. The number of aryl methyl sites for hydroxylation is 1. The van der Waals surface area contributed by atoms with Gasteiger partial charge in [-0.3, -0.25) is 18.9 Å². The van der Waals surface area contributed by atoms with E-state index in [0.717, 1.165) is 18.9 Å². The summed E-state index contributed by atoms with van der Waals surface area (Å²) in [5.74, 6) is 0. The van der Waals surface area contributed by atoms with Crippen LogP contribution < -0.4 is 11.2 Å². The summed E-state index contributed by atoms with van der Waals surface area (Å²) in [6, 6.07) is 3.58. The third-order valence-electron chi connectivity index (χ3n) is 3.00. The third kappa shape index (κ3) is 2.66. The Morgan fingerprint density at radius 2 is 2.00 bits per heavy atom. The summed E-state index contributed by atoms with van der Waals surface area (Å²) in [6.45, 7) is 2.39. The first-order chi connectivity index (χ1) is 9.34. The molecule has 2 rings (SSSR count). The molecule has 2 N–H and O–H groups in total. The van der Waals surface area contributed by atoms with Crippen LogP contribution in [-0.4, -0.2) is 22.5 Å². The Hall–Kier alpha value is -1.93. The zero-order chi connectivity index (χ0) is 14.9. The predicted octanol–water partition coefficient (Wildman–Crippen LogP) is 0.737. The van der Waals surface area contributed by atoms with E-state index in [1.165, 1.54) is 16.7 Å². The minimum Gasteiger partial charge on any atom is -0.293 e. The minimum absolute atomic E-state index is 0.0517. The maximum atomic E-state index is 11.8. The molecule has 0 bridgehead atoms. The van der Waals surface area contributed by atoms with Gasteiger partial charge in [0, 0.05) is 6.54 Å². The van der Waals surface area contributed by atoms with Crippen molar-refractivity contribution in [3.63, 3.8) is 0 Å². The van der Waals surface area contributed by atoms with Gasteiger partial charge in [0.2, 0.25) is 0 Å². The average molecular weight is 298 g/mol. The van der Waals surface area contributed by atoms with E-state index in [2.05, 4.69) is 4.98 Å². The van der Waals surface area contributed by atoms with Crippen LogP contribution in [0.3, 0.4) is 0 Å². The van der Waals surface area contributed by atoms with Gasteiger partial charge >= 0.3 is 5.69 Å². The summed E-state index contributed by atoms with van der Waals surface area (Å²) >= 11 is 0. The molecule has 1 aromatic heterocycles. The van der Waals surface area contributed by atoms with E-state index in [4.69, 9.17) is 4.55 Å². The van der Waals surface area contributed by atoms with Crippen LogP contribution in [-0.2, 0) is 16.7 Å². The summed E-state index contributed by atoms with van der Waals surface area (Å²) in [4.78, 5) is 25.3. The van der Waals surface area contributed by atoms with Gasteiger partial charge in [-0.05, 0) is 24.6 Å². The van der Waals surface area contributed by atoms with Crippen molar-refractivity contribution in [3.8, 4) is 0 Å². The van der Waals surface area contributed by atoms with Gasteiger partial charge < -0.3 is 0 Å². The van der Waals surface area contributed by atoms with E-state index in [-0.39, 0.29) is 10.3 Å². The molecule has 7 nitrogen and oxygen atoms in total. The lowest BCUT2D eigenvalue weighted by Gasteiger charge is -2.09. The van der Waals surface area contributed by atoms with Gasteiger partial charge in [-0.2, -0.15) is 8.42 Å². The fourth-order valence-electron chi connectivity index (χ4n) is 1.97. The van der Waals surface area contributed by atoms with Crippen molar-refractivity contribution in [1.82, 2.24) is 9.55 Å². The molecule has 2 aromatic rings. The Balaban J connectivity index is 2.78. The topological polar surface area (TPSA) is 109 Å². The number of hydrogen-bond donors (Lipinski definition) is 2. The van der Waals surface area contributed by atoms with Gasteiger partial charge in [0.1, 0.15) is 0 Å². The minimum atomic E-state index is -4.39.